The van der Waals surface area contributed by atoms with Gasteiger partial charge in [0, 0.05) is 42.7 Å². The molecule has 0 fully saturated rings. The fourth-order valence-electron chi connectivity index (χ4n) is 3.47. The summed E-state index contributed by atoms with van der Waals surface area (Å²) in [5.74, 6) is -1.14. The summed E-state index contributed by atoms with van der Waals surface area (Å²) in [5.41, 5.74) is 1.20. The predicted octanol–water partition coefficient (Wildman–Crippen LogP) is 4.45. The zero-order valence-electron chi connectivity index (χ0n) is 18.4. The number of amides is 2. The first-order chi connectivity index (χ1) is 16.3. The van der Waals surface area contributed by atoms with Crippen LogP contribution in [0.3, 0.4) is 0 Å². The van der Waals surface area contributed by atoms with E-state index in [-0.39, 0.29) is 29.6 Å². The quantitative estimate of drug-likeness (QED) is 0.326. The molecule has 1 N–H and O–H groups in total. The van der Waals surface area contributed by atoms with E-state index in [9.17, 15) is 19.2 Å². The lowest BCUT2D eigenvalue weighted by molar-refractivity contribution is -0.114. The molecule has 172 valence electrons. The second-order valence-corrected chi connectivity index (χ2v) is 8.37. The molecule has 0 aliphatic heterocycles. The minimum Gasteiger partial charge on any atom is -0.457 e. The summed E-state index contributed by atoms with van der Waals surface area (Å²) in [6, 6.07) is 16.3. The van der Waals surface area contributed by atoms with Crippen molar-refractivity contribution in [1.29, 1.82) is 0 Å². The highest BCUT2D eigenvalue weighted by Gasteiger charge is 2.21. The molecule has 0 aliphatic carbocycles. The molecule has 2 aromatic carbocycles. The molecule has 9 heteroatoms. The van der Waals surface area contributed by atoms with Gasteiger partial charge in [0.25, 0.3) is 5.91 Å². The van der Waals surface area contributed by atoms with Gasteiger partial charge in [-0.25, -0.2) is 9.59 Å². The van der Waals surface area contributed by atoms with Gasteiger partial charge in [-0.2, -0.15) is 0 Å². The number of fused-ring (bicyclic) bond motifs is 1. The zero-order valence-corrected chi connectivity index (χ0v) is 19.2. The standard InChI is InChI=1S/C25H20N2O6S/c1-15(28)26-17-9-10-18-16(12-23(29)33-21(18)13-17)14-32-25(31)19-6-3-4-7-20(19)27(2)24(30)22-8-5-11-34-22/h3-13H,14H2,1-2H3,(H,26,28). The van der Waals surface area contributed by atoms with Gasteiger partial charge in [-0.15, -0.1) is 11.3 Å². The van der Waals surface area contributed by atoms with E-state index in [2.05, 4.69) is 5.32 Å². The number of benzene rings is 2. The van der Waals surface area contributed by atoms with Crippen LogP contribution in [-0.2, 0) is 16.1 Å². The Morgan fingerprint density at radius 1 is 1.06 bits per heavy atom. The van der Waals surface area contributed by atoms with E-state index in [4.69, 9.17) is 9.15 Å². The van der Waals surface area contributed by atoms with Gasteiger partial charge in [-0.3, -0.25) is 9.59 Å². The van der Waals surface area contributed by atoms with Crippen LogP contribution in [0.15, 0.2) is 75.3 Å². The van der Waals surface area contributed by atoms with Crippen molar-refractivity contribution in [3.05, 3.63) is 92.5 Å². The average Bonchev–Trinajstić information content (AvgIpc) is 3.35. The van der Waals surface area contributed by atoms with Crippen molar-refractivity contribution >= 4 is 51.5 Å². The van der Waals surface area contributed by atoms with Crippen LogP contribution in [0.2, 0.25) is 0 Å². The smallest absolute Gasteiger partial charge is 0.340 e. The molecular weight excluding hydrogens is 456 g/mol. The molecule has 0 bridgehead atoms. The number of anilines is 2. The third-order valence-corrected chi connectivity index (χ3v) is 5.89. The minimum atomic E-state index is -0.641. The number of nitrogens with zero attached hydrogens (tertiary/aromatic N) is 1. The lowest BCUT2D eigenvalue weighted by Crippen LogP contribution is -2.27. The number of esters is 1. The Bertz CT molecular complexity index is 1440. The maximum Gasteiger partial charge on any atom is 0.340 e. The normalized spacial score (nSPS) is 10.6. The lowest BCUT2D eigenvalue weighted by atomic mass is 10.1. The van der Waals surface area contributed by atoms with E-state index >= 15 is 0 Å². The average molecular weight is 477 g/mol. The third kappa shape index (κ3) is 4.89. The van der Waals surface area contributed by atoms with Crippen LogP contribution in [-0.4, -0.2) is 24.8 Å². The SMILES string of the molecule is CC(=O)Nc1ccc2c(COC(=O)c3ccccc3N(C)C(=O)c3cccs3)cc(=O)oc2c1. The molecule has 0 atom stereocenters. The maximum absolute atomic E-state index is 12.9. The van der Waals surface area contributed by atoms with E-state index in [1.807, 2.05) is 0 Å². The summed E-state index contributed by atoms with van der Waals surface area (Å²) >= 11 is 1.31. The van der Waals surface area contributed by atoms with Gasteiger partial charge < -0.3 is 19.4 Å². The summed E-state index contributed by atoms with van der Waals surface area (Å²) in [5, 5.41) is 5.00. The Hall–Kier alpha value is -4.24. The van der Waals surface area contributed by atoms with Gasteiger partial charge in [0.1, 0.15) is 12.2 Å². The zero-order chi connectivity index (χ0) is 24.2. The van der Waals surface area contributed by atoms with Crippen LogP contribution in [0.25, 0.3) is 11.0 Å². The highest BCUT2D eigenvalue weighted by molar-refractivity contribution is 7.12. The van der Waals surface area contributed by atoms with Gasteiger partial charge in [-0.05, 0) is 35.7 Å². The van der Waals surface area contributed by atoms with Gasteiger partial charge in [0.05, 0.1) is 16.1 Å². The Kier molecular flexibility index (Phi) is 6.55. The fourth-order valence-corrected chi connectivity index (χ4v) is 4.16. The first-order valence-corrected chi connectivity index (χ1v) is 11.1. The molecular formula is C25H20N2O6S. The summed E-state index contributed by atoms with van der Waals surface area (Å²) in [6.45, 7) is 1.19. The second-order valence-electron chi connectivity index (χ2n) is 7.42. The van der Waals surface area contributed by atoms with Crippen molar-refractivity contribution < 1.29 is 23.5 Å². The fraction of sp³-hybridized carbons (Fsp3) is 0.120. The lowest BCUT2D eigenvalue weighted by Gasteiger charge is -2.19. The van der Waals surface area contributed by atoms with Crippen molar-refractivity contribution in [2.75, 3.05) is 17.3 Å². The summed E-state index contributed by atoms with van der Waals surface area (Å²) in [4.78, 5) is 51.0. The molecule has 0 spiro atoms. The molecule has 2 aromatic heterocycles. The molecule has 8 nitrogen and oxygen atoms in total. The molecule has 0 radical (unpaired) electrons. The molecule has 4 rings (SSSR count). The van der Waals surface area contributed by atoms with Crippen molar-refractivity contribution in [2.24, 2.45) is 0 Å². The topological polar surface area (TPSA) is 106 Å². The second kappa shape index (κ2) is 9.72. The number of rotatable bonds is 6. The largest absolute Gasteiger partial charge is 0.457 e. The van der Waals surface area contributed by atoms with Crippen LogP contribution in [0.4, 0.5) is 11.4 Å². The van der Waals surface area contributed by atoms with E-state index in [0.29, 0.717) is 27.2 Å². The van der Waals surface area contributed by atoms with Crippen LogP contribution in [0.1, 0.15) is 32.5 Å². The summed E-state index contributed by atoms with van der Waals surface area (Å²) in [7, 11) is 1.59. The highest BCUT2D eigenvalue weighted by atomic mass is 32.1. The molecule has 2 amide bonds. The van der Waals surface area contributed by atoms with Gasteiger partial charge in [-0.1, -0.05) is 18.2 Å². The molecule has 0 unspecified atom stereocenters. The number of ether oxygens (including phenoxy) is 1. The van der Waals surface area contributed by atoms with Crippen LogP contribution in [0, 0.1) is 0 Å². The molecule has 2 heterocycles. The monoisotopic (exact) mass is 476 g/mol. The predicted molar refractivity (Wildman–Crippen MR) is 129 cm³/mol. The van der Waals surface area contributed by atoms with E-state index in [1.54, 1.807) is 61.0 Å². The molecule has 4 aromatic rings. The van der Waals surface area contributed by atoms with Crippen molar-refractivity contribution in [2.45, 2.75) is 13.5 Å². The molecule has 0 aliphatic rings. The van der Waals surface area contributed by atoms with Crippen molar-refractivity contribution in [3.8, 4) is 0 Å². The van der Waals surface area contributed by atoms with Crippen LogP contribution < -0.4 is 15.8 Å². The van der Waals surface area contributed by atoms with Gasteiger partial charge in [0.15, 0.2) is 0 Å². The number of hydrogen-bond donors (Lipinski definition) is 1. The Balaban J connectivity index is 1.57. The first-order valence-electron chi connectivity index (χ1n) is 10.3. The maximum atomic E-state index is 12.9. The Morgan fingerprint density at radius 2 is 1.85 bits per heavy atom. The molecule has 0 saturated heterocycles. The van der Waals surface area contributed by atoms with E-state index < -0.39 is 11.6 Å². The first kappa shape index (κ1) is 22.9. The third-order valence-electron chi connectivity index (χ3n) is 5.03. The number of carbonyl (C=O) groups is 3. The summed E-state index contributed by atoms with van der Waals surface area (Å²) < 4.78 is 10.7. The molecule has 0 saturated carbocycles. The van der Waals surface area contributed by atoms with E-state index in [0.717, 1.165) is 0 Å². The highest BCUT2D eigenvalue weighted by Crippen LogP contribution is 2.25. The van der Waals surface area contributed by atoms with Crippen molar-refractivity contribution in [3.63, 3.8) is 0 Å². The number of nitrogens with one attached hydrogen (secondary N) is 1. The number of carbonyl (C=O) groups excluding carboxylic acids is 3. The van der Waals surface area contributed by atoms with Gasteiger partial charge >= 0.3 is 11.6 Å². The number of para-hydroxylation sites is 1. The number of thiophene rings is 1. The van der Waals surface area contributed by atoms with E-state index in [1.165, 1.54) is 35.3 Å². The van der Waals surface area contributed by atoms with Gasteiger partial charge in [0.2, 0.25) is 5.91 Å². The molecule has 34 heavy (non-hydrogen) atoms. The minimum absolute atomic E-state index is 0.183. The van der Waals surface area contributed by atoms with Crippen LogP contribution in [0.5, 0.6) is 0 Å². The van der Waals surface area contributed by atoms with Crippen LogP contribution >= 0.6 is 11.3 Å². The summed E-state index contributed by atoms with van der Waals surface area (Å²) in [6.07, 6.45) is 0. The Labute approximate surface area is 198 Å². The van der Waals surface area contributed by atoms with Crippen molar-refractivity contribution in [1.82, 2.24) is 0 Å². The number of hydrogen-bond acceptors (Lipinski definition) is 7. The Morgan fingerprint density at radius 3 is 2.59 bits per heavy atom.